The zero-order chi connectivity index (χ0) is 19.5. The Bertz CT molecular complexity index is 1130. The average Bonchev–Trinajstić information content (AvgIpc) is 3.19. The Morgan fingerprint density at radius 2 is 1.61 bits per heavy atom. The van der Waals surface area contributed by atoms with Gasteiger partial charge in [0.2, 0.25) is 11.6 Å². The largest absolute Gasteiger partial charge is 0.457 e. The fraction of sp³-hybridized carbons (Fsp3) is 0. The number of hydrogen-bond acceptors (Lipinski definition) is 6. The van der Waals surface area contributed by atoms with Gasteiger partial charge in [0.25, 0.3) is 5.89 Å². The van der Waals surface area contributed by atoms with Crippen LogP contribution >= 0.6 is 0 Å². The van der Waals surface area contributed by atoms with Gasteiger partial charge in [0, 0.05) is 17.2 Å². The molecule has 0 N–H and O–H groups in total. The van der Waals surface area contributed by atoms with Crippen LogP contribution in [0.2, 0.25) is 0 Å². The summed E-state index contributed by atoms with van der Waals surface area (Å²) in [6, 6.07) is 19.8. The number of para-hydroxylation sites is 1. The highest BCUT2D eigenvalue weighted by Crippen LogP contribution is 2.28. The minimum Gasteiger partial charge on any atom is -0.457 e. The maximum absolute atomic E-state index is 13.8. The number of nitro groups is 1. The van der Waals surface area contributed by atoms with Crippen LogP contribution in [0, 0.1) is 15.9 Å². The average molecular weight is 377 g/mol. The number of nitrogens with zero attached hydrogens (tertiary/aromatic N) is 3. The molecule has 4 rings (SSSR count). The summed E-state index contributed by atoms with van der Waals surface area (Å²) >= 11 is 0. The molecule has 0 atom stereocenters. The number of benzene rings is 3. The number of nitro benzene ring substituents is 1. The van der Waals surface area contributed by atoms with Gasteiger partial charge in [0.15, 0.2) is 0 Å². The monoisotopic (exact) mass is 377 g/mol. The van der Waals surface area contributed by atoms with Crippen molar-refractivity contribution in [3.05, 3.63) is 88.7 Å². The van der Waals surface area contributed by atoms with Gasteiger partial charge in [-0.15, -0.1) is 0 Å². The zero-order valence-corrected chi connectivity index (χ0v) is 14.3. The standard InChI is InChI=1S/C20H12FN3O4/c21-17-12-14(8-11-18(17)24(25)26)20-22-19(23-28-20)13-6-9-16(10-7-13)27-15-4-2-1-3-5-15/h1-12H. The molecule has 0 spiro atoms. The maximum Gasteiger partial charge on any atom is 0.304 e. The molecule has 0 bridgehead atoms. The van der Waals surface area contributed by atoms with E-state index in [9.17, 15) is 14.5 Å². The van der Waals surface area contributed by atoms with Gasteiger partial charge >= 0.3 is 5.69 Å². The highest BCUT2D eigenvalue weighted by atomic mass is 19.1. The van der Waals surface area contributed by atoms with Crippen LogP contribution in [-0.4, -0.2) is 15.1 Å². The quantitative estimate of drug-likeness (QED) is 0.349. The first-order chi connectivity index (χ1) is 13.6. The van der Waals surface area contributed by atoms with Gasteiger partial charge in [-0.2, -0.15) is 9.37 Å². The molecule has 8 heteroatoms. The zero-order valence-electron chi connectivity index (χ0n) is 14.3. The first-order valence-corrected chi connectivity index (χ1v) is 8.21. The van der Waals surface area contributed by atoms with Crippen molar-refractivity contribution in [3.8, 4) is 34.3 Å². The normalized spacial score (nSPS) is 10.6. The molecular weight excluding hydrogens is 365 g/mol. The van der Waals surface area contributed by atoms with Crippen LogP contribution < -0.4 is 4.74 Å². The Morgan fingerprint density at radius 1 is 0.929 bits per heavy atom. The van der Waals surface area contributed by atoms with Gasteiger partial charge in [-0.05, 0) is 48.5 Å². The number of ether oxygens (including phenoxy) is 1. The van der Waals surface area contributed by atoms with Crippen LogP contribution in [-0.2, 0) is 0 Å². The second kappa shape index (κ2) is 7.28. The van der Waals surface area contributed by atoms with E-state index >= 15 is 0 Å². The van der Waals surface area contributed by atoms with Gasteiger partial charge in [0.05, 0.1) is 4.92 Å². The SMILES string of the molecule is O=[N+]([O-])c1ccc(-c2nc(-c3ccc(Oc4ccccc4)cc3)no2)cc1F. The predicted octanol–water partition coefficient (Wildman–Crippen LogP) is 5.24. The van der Waals surface area contributed by atoms with Crippen LogP contribution in [0.3, 0.4) is 0 Å². The van der Waals surface area contributed by atoms with Crippen LogP contribution in [0.4, 0.5) is 10.1 Å². The fourth-order valence-electron chi connectivity index (χ4n) is 2.54. The number of halogens is 1. The van der Waals surface area contributed by atoms with Crippen molar-refractivity contribution in [1.82, 2.24) is 10.1 Å². The first-order valence-electron chi connectivity index (χ1n) is 8.21. The van der Waals surface area contributed by atoms with Crippen molar-refractivity contribution < 1.29 is 18.6 Å². The fourth-order valence-corrected chi connectivity index (χ4v) is 2.54. The smallest absolute Gasteiger partial charge is 0.304 e. The molecule has 0 radical (unpaired) electrons. The number of rotatable bonds is 5. The summed E-state index contributed by atoms with van der Waals surface area (Å²) in [7, 11) is 0. The van der Waals surface area contributed by atoms with Gasteiger partial charge in [0.1, 0.15) is 11.5 Å². The summed E-state index contributed by atoms with van der Waals surface area (Å²) in [6.07, 6.45) is 0. The summed E-state index contributed by atoms with van der Waals surface area (Å²) in [5.41, 5.74) is 0.321. The van der Waals surface area contributed by atoms with Crippen molar-refractivity contribution >= 4 is 5.69 Å². The summed E-state index contributed by atoms with van der Waals surface area (Å²) < 4.78 is 24.7. The van der Waals surface area contributed by atoms with Gasteiger partial charge in [-0.25, -0.2) is 0 Å². The molecule has 0 fully saturated rings. The van der Waals surface area contributed by atoms with E-state index in [1.807, 2.05) is 30.3 Å². The van der Waals surface area contributed by atoms with Crippen molar-refractivity contribution in [1.29, 1.82) is 0 Å². The third-order valence-corrected chi connectivity index (χ3v) is 3.91. The van der Waals surface area contributed by atoms with Crippen LogP contribution in [0.5, 0.6) is 11.5 Å². The Kier molecular flexibility index (Phi) is 4.51. The molecule has 3 aromatic carbocycles. The van der Waals surface area contributed by atoms with Crippen LogP contribution in [0.15, 0.2) is 77.3 Å². The Labute approximate surface area is 158 Å². The lowest BCUT2D eigenvalue weighted by molar-refractivity contribution is -0.387. The van der Waals surface area contributed by atoms with E-state index in [0.29, 0.717) is 17.1 Å². The van der Waals surface area contributed by atoms with Crippen molar-refractivity contribution in [3.63, 3.8) is 0 Å². The molecule has 0 saturated heterocycles. The second-order valence-electron chi connectivity index (χ2n) is 5.79. The van der Waals surface area contributed by atoms with Crippen LogP contribution in [0.25, 0.3) is 22.8 Å². The molecule has 0 aliphatic rings. The van der Waals surface area contributed by atoms with Gasteiger partial charge < -0.3 is 9.26 Å². The van der Waals surface area contributed by atoms with E-state index in [1.54, 1.807) is 24.3 Å². The van der Waals surface area contributed by atoms with E-state index < -0.39 is 16.4 Å². The lowest BCUT2D eigenvalue weighted by Gasteiger charge is -2.05. The molecule has 0 amide bonds. The Balaban J connectivity index is 1.54. The Hall–Kier alpha value is -4.07. The van der Waals surface area contributed by atoms with Crippen molar-refractivity contribution in [2.24, 2.45) is 0 Å². The molecule has 28 heavy (non-hydrogen) atoms. The molecule has 0 aliphatic heterocycles. The lowest BCUT2D eigenvalue weighted by atomic mass is 10.2. The number of hydrogen-bond donors (Lipinski definition) is 0. The summed E-state index contributed by atoms with van der Waals surface area (Å²) in [4.78, 5) is 14.1. The minimum atomic E-state index is -0.968. The molecule has 4 aromatic rings. The molecule has 7 nitrogen and oxygen atoms in total. The van der Waals surface area contributed by atoms with E-state index in [-0.39, 0.29) is 11.5 Å². The minimum absolute atomic E-state index is 0.0633. The van der Waals surface area contributed by atoms with Crippen molar-refractivity contribution in [2.75, 3.05) is 0 Å². The molecule has 1 aromatic heterocycles. The predicted molar refractivity (Wildman–Crippen MR) is 98.3 cm³/mol. The maximum atomic E-state index is 13.8. The van der Waals surface area contributed by atoms with E-state index in [1.165, 1.54) is 6.07 Å². The third-order valence-electron chi connectivity index (χ3n) is 3.91. The molecular formula is C20H12FN3O4. The van der Waals surface area contributed by atoms with E-state index in [0.717, 1.165) is 17.9 Å². The third kappa shape index (κ3) is 3.56. The van der Waals surface area contributed by atoms with E-state index in [4.69, 9.17) is 9.26 Å². The van der Waals surface area contributed by atoms with Crippen molar-refractivity contribution in [2.45, 2.75) is 0 Å². The number of aromatic nitrogens is 2. The van der Waals surface area contributed by atoms with Gasteiger partial charge in [-0.1, -0.05) is 23.4 Å². The van der Waals surface area contributed by atoms with Crippen LogP contribution in [0.1, 0.15) is 0 Å². The molecule has 0 saturated carbocycles. The summed E-state index contributed by atoms with van der Waals surface area (Å²) in [6.45, 7) is 0. The summed E-state index contributed by atoms with van der Waals surface area (Å²) in [5.74, 6) is 0.770. The molecule has 138 valence electrons. The molecule has 0 unspecified atom stereocenters. The van der Waals surface area contributed by atoms with E-state index in [2.05, 4.69) is 10.1 Å². The second-order valence-corrected chi connectivity index (χ2v) is 5.79. The van der Waals surface area contributed by atoms with Gasteiger partial charge in [-0.3, -0.25) is 10.1 Å². The highest BCUT2D eigenvalue weighted by Gasteiger charge is 2.17. The molecule has 0 aliphatic carbocycles. The topological polar surface area (TPSA) is 91.3 Å². The highest BCUT2D eigenvalue weighted by molar-refractivity contribution is 5.61. The Morgan fingerprint density at radius 3 is 2.29 bits per heavy atom. The molecule has 1 heterocycles. The summed E-state index contributed by atoms with van der Waals surface area (Å²) in [5, 5.41) is 14.6. The lowest BCUT2D eigenvalue weighted by Crippen LogP contribution is -1.92. The first kappa shape index (κ1) is 17.3.